The Morgan fingerprint density at radius 1 is 0.826 bits per heavy atom. The molecule has 9 nitrogen and oxygen atoms in total. The molecule has 0 spiro atoms. The van der Waals surface area contributed by atoms with E-state index in [1.807, 2.05) is 0 Å². The van der Waals surface area contributed by atoms with Crippen molar-refractivity contribution in [2.24, 2.45) is 0 Å². The zero-order valence-electron chi connectivity index (χ0n) is 11.9. The van der Waals surface area contributed by atoms with E-state index in [-0.39, 0.29) is 59.1 Å². The molecule has 0 N–H and O–H groups in total. The number of hydrogen-bond acceptors (Lipinski definition) is 8. The fraction of sp³-hybridized carbons (Fsp3) is 0. The smallest absolute Gasteiger partial charge is 0.744 e. The first-order valence-corrected chi connectivity index (χ1v) is 7.97. The second kappa shape index (κ2) is 7.87. The summed E-state index contributed by atoms with van der Waals surface area (Å²) in [4.78, 5) is 8.16. The minimum absolute atomic E-state index is 0. The maximum Gasteiger partial charge on any atom is 1.00 e. The topological polar surface area (TPSA) is 158 Å². The van der Waals surface area contributed by atoms with E-state index in [1.54, 1.807) is 0 Å². The van der Waals surface area contributed by atoms with Crippen molar-refractivity contribution in [3.63, 3.8) is 0 Å². The summed E-state index contributed by atoms with van der Waals surface area (Å²) in [6, 6.07) is 4.21. The predicted octanol–water partition coefficient (Wildman–Crippen LogP) is -5.44. The van der Waals surface area contributed by atoms with Crippen LogP contribution in [0, 0.1) is 10.1 Å². The van der Waals surface area contributed by atoms with Gasteiger partial charge in [-0.1, -0.05) is 12.1 Å². The minimum Gasteiger partial charge on any atom is -0.744 e. The Kier molecular flexibility index (Phi) is 7.84. The van der Waals surface area contributed by atoms with Crippen LogP contribution in [-0.4, -0.2) is 30.9 Å². The van der Waals surface area contributed by atoms with Crippen molar-refractivity contribution in [1.29, 1.82) is 0 Å². The van der Waals surface area contributed by atoms with E-state index >= 15 is 0 Å². The average molecular weight is 377 g/mol. The molecular weight excluding hydrogens is 372 g/mol. The normalized spacial score (nSPS) is 11.4. The number of nitro groups is 1. The van der Waals surface area contributed by atoms with E-state index in [1.165, 1.54) is 0 Å². The van der Waals surface area contributed by atoms with Crippen molar-refractivity contribution in [2.45, 2.75) is 9.79 Å². The molecule has 0 aliphatic carbocycles. The Balaban J connectivity index is 0.00000242. The third-order valence-electron chi connectivity index (χ3n) is 2.68. The maximum absolute atomic E-state index is 11.2. The first-order valence-electron chi connectivity index (χ1n) is 5.15. The van der Waals surface area contributed by atoms with Crippen molar-refractivity contribution < 1.29 is 90.0 Å². The Bertz CT molecular complexity index is 972. The van der Waals surface area contributed by atoms with Crippen LogP contribution >= 0.6 is 0 Å². The fourth-order valence-corrected chi connectivity index (χ4v) is 3.29. The molecule has 0 aliphatic heterocycles. The molecule has 0 heterocycles. The molecule has 2 aromatic rings. The summed E-state index contributed by atoms with van der Waals surface area (Å²) in [7, 11) is -10.1. The minimum atomic E-state index is -5.10. The monoisotopic (exact) mass is 377 g/mol. The molecule has 0 radical (unpaired) electrons. The van der Waals surface area contributed by atoms with Gasteiger partial charge in [-0.3, -0.25) is 10.1 Å². The van der Waals surface area contributed by atoms with E-state index in [2.05, 4.69) is 0 Å². The molecule has 0 unspecified atom stereocenters. The van der Waals surface area contributed by atoms with Crippen molar-refractivity contribution >= 4 is 36.7 Å². The van der Waals surface area contributed by atoms with Crippen molar-refractivity contribution in [1.82, 2.24) is 0 Å². The molecule has 0 aromatic heterocycles. The van der Waals surface area contributed by atoms with Crippen LogP contribution in [0.15, 0.2) is 40.1 Å². The Morgan fingerprint density at radius 2 is 1.35 bits per heavy atom. The zero-order chi connectivity index (χ0) is 16.0. The van der Waals surface area contributed by atoms with Gasteiger partial charge in [-0.25, -0.2) is 16.8 Å². The number of nitrogens with zero attached hydrogens (tertiary/aromatic N) is 1. The van der Waals surface area contributed by atoms with Gasteiger partial charge in [0.15, 0.2) is 0 Å². The molecule has 112 valence electrons. The van der Waals surface area contributed by atoms with Crippen molar-refractivity contribution in [3.8, 4) is 0 Å². The van der Waals surface area contributed by atoms with Crippen LogP contribution < -0.4 is 59.1 Å². The van der Waals surface area contributed by atoms with E-state index in [0.29, 0.717) is 12.1 Å². The Hall–Kier alpha value is -0.0800. The van der Waals surface area contributed by atoms with Crippen molar-refractivity contribution in [3.05, 3.63) is 40.4 Å². The van der Waals surface area contributed by atoms with Gasteiger partial charge in [0.2, 0.25) is 0 Å². The SMILES string of the molecule is O=[N+]([O-])c1ccc(S(=O)(=O)[O-])c2cccc(S(=O)(=O)[O-])c12.[Na+].[Na+]. The van der Waals surface area contributed by atoms with Crippen LogP contribution in [0.5, 0.6) is 0 Å². The first kappa shape index (κ1) is 22.9. The molecule has 0 aliphatic rings. The summed E-state index contributed by atoms with van der Waals surface area (Å²) in [5.41, 5.74) is -0.785. The zero-order valence-corrected chi connectivity index (χ0v) is 17.5. The van der Waals surface area contributed by atoms with Gasteiger partial charge in [0.25, 0.3) is 5.69 Å². The van der Waals surface area contributed by atoms with Gasteiger partial charge in [0, 0.05) is 11.5 Å². The maximum atomic E-state index is 11.2. The van der Waals surface area contributed by atoms with Crippen LogP contribution in [0.1, 0.15) is 0 Å². The molecule has 13 heteroatoms. The molecular formula is C10H5NNa2O8S2. The summed E-state index contributed by atoms with van der Waals surface area (Å²) in [5, 5.41) is 9.75. The van der Waals surface area contributed by atoms with Gasteiger partial charge in [-0.05, 0) is 12.1 Å². The van der Waals surface area contributed by atoms with Crippen LogP contribution in [0.3, 0.4) is 0 Å². The summed E-state index contributed by atoms with van der Waals surface area (Å²) < 4.78 is 66.9. The van der Waals surface area contributed by atoms with Gasteiger partial charge in [0.1, 0.15) is 20.2 Å². The fourth-order valence-electron chi connectivity index (χ4n) is 1.91. The second-order valence-electron chi connectivity index (χ2n) is 3.93. The molecule has 0 amide bonds. The van der Waals surface area contributed by atoms with Gasteiger partial charge in [-0.15, -0.1) is 0 Å². The first-order chi connectivity index (χ1) is 9.53. The number of benzene rings is 2. The van der Waals surface area contributed by atoms with Gasteiger partial charge >= 0.3 is 59.1 Å². The standard InChI is InChI=1S/C10H7NO8S2.2Na/c12-11(13)7-4-5-8(20(14,15)16)6-2-1-3-9(10(6)7)21(17,18)19;;/h1-5H,(H,14,15,16)(H,17,18,19);;/q;2*+1/p-2. The summed E-state index contributed by atoms with van der Waals surface area (Å²) in [6.07, 6.45) is 0. The van der Waals surface area contributed by atoms with Crippen LogP contribution in [0.2, 0.25) is 0 Å². The number of non-ortho nitro benzene ring substituents is 1. The third kappa shape index (κ3) is 4.72. The Labute approximate surface area is 175 Å². The summed E-state index contributed by atoms with van der Waals surface area (Å²) in [5.74, 6) is 0. The number of rotatable bonds is 3. The molecule has 23 heavy (non-hydrogen) atoms. The van der Waals surface area contributed by atoms with Crippen LogP contribution in [-0.2, 0) is 20.2 Å². The average Bonchev–Trinajstić information content (AvgIpc) is 2.33. The quantitative estimate of drug-likeness (QED) is 0.222. The van der Waals surface area contributed by atoms with Crippen LogP contribution in [0.4, 0.5) is 5.69 Å². The Morgan fingerprint density at radius 3 is 1.78 bits per heavy atom. The molecule has 0 saturated heterocycles. The molecule has 0 fully saturated rings. The van der Waals surface area contributed by atoms with E-state index in [0.717, 1.165) is 18.2 Å². The summed E-state index contributed by atoms with van der Waals surface area (Å²) >= 11 is 0. The van der Waals surface area contributed by atoms with E-state index < -0.39 is 51.4 Å². The molecule has 2 rings (SSSR count). The second-order valence-corrected chi connectivity index (χ2v) is 6.62. The predicted molar refractivity (Wildman–Crippen MR) is 66.5 cm³/mol. The van der Waals surface area contributed by atoms with Gasteiger partial charge in [0.05, 0.1) is 20.1 Å². The third-order valence-corrected chi connectivity index (χ3v) is 4.45. The molecule has 0 bridgehead atoms. The van der Waals surface area contributed by atoms with Crippen molar-refractivity contribution in [2.75, 3.05) is 0 Å². The van der Waals surface area contributed by atoms with E-state index in [4.69, 9.17) is 0 Å². The number of hydrogen-bond donors (Lipinski definition) is 0. The number of fused-ring (bicyclic) bond motifs is 1. The molecule has 0 atom stereocenters. The molecule has 0 saturated carbocycles. The van der Waals surface area contributed by atoms with Gasteiger partial charge < -0.3 is 9.11 Å². The summed E-state index contributed by atoms with van der Waals surface area (Å²) in [6.45, 7) is 0. The van der Waals surface area contributed by atoms with E-state index in [9.17, 15) is 36.1 Å². The number of nitro benzene ring substituents is 1. The largest absolute Gasteiger partial charge is 1.00 e. The molecule has 2 aromatic carbocycles. The van der Waals surface area contributed by atoms with Crippen LogP contribution in [0.25, 0.3) is 10.8 Å². The van der Waals surface area contributed by atoms with Gasteiger partial charge in [-0.2, -0.15) is 0 Å².